The smallest absolute Gasteiger partial charge is 0.317 e. The average Bonchev–Trinajstić information content (AvgIpc) is 2.76. The van der Waals surface area contributed by atoms with Crippen LogP contribution in [0, 0.1) is 11.8 Å². The van der Waals surface area contributed by atoms with Gasteiger partial charge in [0.05, 0.1) is 11.8 Å². The van der Waals surface area contributed by atoms with E-state index in [1.54, 1.807) is 0 Å². The van der Waals surface area contributed by atoms with Crippen molar-refractivity contribution in [3.05, 3.63) is 11.6 Å². The lowest BCUT2D eigenvalue weighted by atomic mass is 9.80. The SMILES string of the molecule is CCCCCCCCCCC1=CCC2C(=O)OC(=O)C2C1. The summed E-state index contributed by atoms with van der Waals surface area (Å²) < 4.78 is 4.74. The molecule has 1 heterocycles. The van der Waals surface area contributed by atoms with Crippen molar-refractivity contribution in [2.24, 2.45) is 11.8 Å². The molecule has 21 heavy (non-hydrogen) atoms. The fourth-order valence-electron chi connectivity index (χ4n) is 3.41. The van der Waals surface area contributed by atoms with Gasteiger partial charge in [0.1, 0.15) is 0 Å². The highest BCUT2D eigenvalue weighted by Gasteiger charge is 2.45. The molecule has 0 spiro atoms. The molecule has 0 saturated carbocycles. The van der Waals surface area contributed by atoms with Crippen LogP contribution in [-0.2, 0) is 14.3 Å². The molecule has 0 bridgehead atoms. The third-order valence-electron chi connectivity index (χ3n) is 4.79. The van der Waals surface area contributed by atoms with Gasteiger partial charge in [0.15, 0.2) is 0 Å². The van der Waals surface area contributed by atoms with Crippen LogP contribution in [0.3, 0.4) is 0 Å². The first-order valence-corrected chi connectivity index (χ1v) is 8.65. The van der Waals surface area contributed by atoms with Crippen molar-refractivity contribution >= 4 is 11.9 Å². The maximum atomic E-state index is 11.6. The highest BCUT2D eigenvalue weighted by atomic mass is 16.6. The summed E-state index contributed by atoms with van der Waals surface area (Å²) in [6.07, 6.45) is 15.3. The number of esters is 2. The molecule has 0 amide bonds. The van der Waals surface area contributed by atoms with Crippen LogP contribution in [0.15, 0.2) is 11.6 Å². The second kappa shape index (κ2) is 8.35. The Hall–Kier alpha value is -1.12. The van der Waals surface area contributed by atoms with E-state index < -0.39 is 0 Å². The molecule has 1 fully saturated rings. The summed E-state index contributed by atoms with van der Waals surface area (Å²) in [5.41, 5.74) is 1.36. The summed E-state index contributed by atoms with van der Waals surface area (Å²) in [6.45, 7) is 2.25. The van der Waals surface area contributed by atoms with Gasteiger partial charge in [-0.2, -0.15) is 0 Å². The first-order valence-electron chi connectivity index (χ1n) is 8.65. The molecule has 0 aromatic carbocycles. The van der Waals surface area contributed by atoms with E-state index in [-0.39, 0.29) is 23.8 Å². The monoisotopic (exact) mass is 292 g/mol. The van der Waals surface area contributed by atoms with Crippen molar-refractivity contribution < 1.29 is 14.3 Å². The summed E-state index contributed by atoms with van der Waals surface area (Å²) in [7, 11) is 0. The van der Waals surface area contributed by atoms with Gasteiger partial charge < -0.3 is 4.74 Å². The van der Waals surface area contributed by atoms with E-state index in [9.17, 15) is 9.59 Å². The van der Waals surface area contributed by atoms with Crippen LogP contribution in [0.1, 0.15) is 77.6 Å². The summed E-state index contributed by atoms with van der Waals surface area (Å²) >= 11 is 0. The molecule has 1 aliphatic carbocycles. The van der Waals surface area contributed by atoms with Crippen molar-refractivity contribution in [2.45, 2.75) is 77.6 Å². The predicted octanol–water partition coefficient (Wildman–Crippen LogP) is 4.55. The van der Waals surface area contributed by atoms with Crippen LogP contribution in [-0.4, -0.2) is 11.9 Å². The number of ether oxygens (including phenoxy) is 1. The summed E-state index contributed by atoms with van der Waals surface area (Å²) in [5.74, 6) is -0.995. The van der Waals surface area contributed by atoms with Crippen LogP contribution in [0.5, 0.6) is 0 Å². The summed E-state index contributed by atoms with van der Waals surface area (Å²) in [6, 6.07) is 0. The number of hydrogen-bond donors (Lipinski definition) is 0. The standard InChI is InChI=1S/C18H28O3/c1-2-3-4-5-6-7-8-9-10-14-11-12-15-16(13-14)18(20)21-17(15)19/h11,15-16H,2-10,12-13H2,1H3. The molecule has 1 aliphatic heterocycles. The molecule has 0 aromatic heterocycles. The molecule has 0 radical (unpaired) electrons. The molecule has 1 saturated heterocycles. The highest BCUT2D eigenvalue weighted by molar-refractivity contribution is 5.96. The van der Waals surface area contributed by atoms with E-state index in [4.69, 9.17) is 4.74 Å². The van der Waals surface area contributed by atoms with Crippen molar-refractivity contribution in [2.75, 3.05) is 0 Å². The lowest BCUT2D eigenvalue weighted by molar-refractivity contribution is -0.153. The number of rotatable bonds is 9. The quantitative estimate of drug-likeness (QED) is 0.271. The Morgan fingerprint density at radius 2 is 1.57 bits per heavy atom. The molecule has 3 nitrogen and oxygen atoms in total. The summed E-state index contributed by atoms with van der Waals surface area (Å²) in [4.78, 5) is 23.1. The number of carbonyl (C=O) groups excluding carboxylic acids is 2. The zero-order valence-electron chi connectivity index (χ0n) is 13.2. The van der Waals surface area contributed by atoms with E-state index >= 15 is 0 Å². The van der Waals surface area contributed by atoms with Gasteiger partial charge in [-0.25, -0.2) is 0 Å². The van der Waals surface area contributed by atoms with Crippen molar-refractivity contribution in [3.63, 3.8) is 0 Å². The minimum Gasteiger partial charge on any atom is -0.393 e. The molecule has 118 valence electrons. The van der Waals surface area contributed by atoms with Crippen LogP contribution >= 0.6 is 0 Å². The predicted molar refractivity (Wildman–Crippen MR) is 82.6 cm³/mol. The molecule has 2 aliphatic rings. The lowest BCUT2D eigenvalue weighted by Gasteiger charge is -2.20. The summed E-state index contributed by atoms with van der Waals surface area (Å²) in [5, 5.41) is 0. The van der Waals surface area contributed by atoms with Crippen molar-refractivity contribution in [3.8, 4) is 0 Å². The van der Waals surface area contributed by atoms with Crippen molar-refractivity contribution in [1.82, 2.24) is 0 Å². The molecule has 2 unspecified atom stereocenters. The van der Waals surface area contributed by atoms with E-state index in [0.717, 1.165) is 12.8 Å². The second-order valence-electron chi connectivity index (χ2n) is 6.48. The Morgan fingerprint density at radius 1 is 0.952 bits per heavy atom. The molecular weight excluding hydrogens is 264 g/mol. The number of allylic oxidation sites excluding steroid dienone is 2. The van der Waals surface area contributed by atoms with Crippen LogP contribution in [0.2, 0.25) is 0 Å². The molecular formula is C18H28O3. The normalized spacial score (nSPS) is 24.7. The third kappa shape index (κ3) is 4.69. The number of cyclic esters (lactones) is 2. The van der Waals surface area contributed by atoms with Gasteiger partial charge in [0.25, 0.3) is 0 Å². The van der Waals surface area contributed by atoms with Gasteiger partial charge >= 0.3 is 11.9 Å². The highest BCUT2D eigenvalue weighted by Crippen LogP contribution is 2.37. The van der Waals surface area contributed by atoms with Gasteiger partial charge in [-0.1, -0.05) is 63.5 Å². The topological polar surface area (TPSA) is 43.4 Å². The molecule has 2 atom stereocenters. The van der Waals surface area contributed by atoms with Crippen LogP contribution < -0.4 is 0 Å². The van der Waals surface area contributed by atoms with Crippen LogP contribution in [0.4, 0.5) is 0 Å². The fourth-order valence-corrected chi connectivity index (χ4v) is 3.41. The maximum Gasteiger partial charge on any atom is 0.317 e. The largest absolute Gasteiger partial charge is 0.393 e. The number of carbonyl (C=O) groups is 2. The third-order valence-corrected chi connectivity index (χ3v) is 4.79. The number of hydrogen-bond acceptors (Lipinski definition) is 3. The Balaban J connectivity index is 1.59. The Morgan fingerprint density at radius 3 is 2.29 bits per heavy atom. The van der Waals surface area contributed by atoms with E-state index in [0.29, 0.717) is 6.42 Å². The molecule has 0 aromatic rings. The average molecular weight is 292 g/mol. The minimum atomic E-state index is -0.313. The van der Waals surface area contributed by atoms with E-state index in [2.05, 4.69) is 13.0 Å². The molecule has 3 heteroatoms. The number of fused-ring (bicyclic) bond motifs is 1. The van der Waals surface area contributed by atoms with E-state index in [1.807, 2.05) is 0 Å². The zero-order chi connectivity index (χ0) is 15.1. The Bertz CT molecular complexity index is 397. The van der Waals surface area contributed by atoms with Crippen LogP contribution in [0.25, 0.3) is 0 Å². The van der Waals surface area contributed by atoms with E-state index in [1.165, 1.54) is 56.9 Å². The Labute approximate surface area is 128 Å². The van der Waals surface area contributed by atoms with Gasteiger partial charge in [-0.3, -0.25) is 9.59 Å². The lowest BCUT2D eigenvalue weighted by Crippen LogP contribution is -2.21. The Kier molecular flexibility index (Phi) is 6.47. The van der Waals surface area contributed by atoms with Gasteiger partial charge in [-0.05, 0) is 25.7 Å². The fraction of sp³-hybridized carbons (Fsp3) is 0.778. The second-order valence-corrected chi connectivity index (χ2v) is 6.48. The van der Waals surface area contributed by atoms with Gasteiger partial charge in [0.2, 0.25) is 0 Å². The zero-order valence-corrected chi connectivity index (χ0v) is 13.2. The van der Waals surface area contributed by atoms with Gasteiger partial charge in [-0.15, -0.1) is 0 Å². The van der Waals surface area contributed by atoms with Gasteiger partial charge in [0, 0.05) is 0 Å². The minimum absolute atomic E-state index is 0.188. The first-order chi connectivity index (χ1) is 10.2. The molecule has 2 rings (SSSR count). The maximum absolute atomic E-state index is 11.6. The molecule has 0 N–H and O–H groups in total. The first kappa shape index (κ1) is 16.3. The number of unbranched alkanes of at least 4 members (excludes halogenated alkanes) is 7. The van der Waals surface area contributed by atoms with Crippen molar-refractivity contribution in [1.29, 1.82) is 0 Å².